The molecule has 2 aromatic rings. The SMILES string of the molecule is COc1ccc(N2CC(C(=O)Nc3c4c(nn3C)CSC4)CC2=O)c(OC)c1. The minimum absolute atomic E-state index is 0.102. The Balaban J connectivity index is 1.51. The molecule has 2 amide bonds. The Hall–Kier alpha value is -2.68. The van der Waals surface area contributed by atoms with Gasteiger partial charge in [-0.2, -0.15) is 16.9 Å². The van der Waals surface area contributed by atoms with E-state index in [-0.39, 0.29) is 18.2 Å². The highest BCUT2D eigenvalue weighted by molar-refractivity contribution is 7.98. The fourth-order valence-corrected chi connectivity index (χ4v) is 4.67. The normalized spacial score (nSPS) is 18.3. The van der Waals surface area contributed by atoms with Crippen LogP contribution in [0.3, 0.4) is 0 Å². The van der Waals surface area contributed by atoms with E-state index in [4.69, 9.17) is 9.47 Å². The van der Waals surface area contributed by atoms with Gasteiger partial charge in [0.25, 0.3) is 0 Å². The number of amides is 2. The number of ether oxygens (including phenoxy) is 2. The predicted molar refractivity (Wildman–Crippen MR) is 107 cm³/mol. The number of hydrogen-bond donors (Lipinski definition) is 1. The molecule has 2 aliphatic rings. The zero-order chi connectivity index (χ0) is 19.8. The van der Waals surface area contributed by atoms with Crippen LogP contribution in [0.4, 0.5) is 11.5 Å². The molecule has 0 radical (unpaired) electrons. The fraction of sp³-hybridized carbons (Fsp3) is 0.421. The fourth-order valence-electron chi connectivity index (χ4n) is 3.64. The molecule has 9 heteroatoms. The van der Waals surface area contributed by atoms with Gasteiger partial charge >= 0.3 is 0 Å². The highest BCUT2D eigenvalue weighted by Crippen LogP contribution is 2.37. The van der Waals surface area contributed by atoms with E-state index < -0.39 is 5.92 Å². The van der Waals surface area contributed by atoms with Crippen molar-refractivity contribution in [3.05, 3.63) is 29.5 Å². The van der Waals surface area contributed by atoms with Gasteiger partial charge in [-0.25, -0.2) is 0 Å². The second-order valence-electron chi connectivity index (χ2n) is 6.82. The molecule has 1 unspecified atom stereocenters. The number of aromatic nitrogens is 2. The lowest BCUT2D eigenvalue weighted by molar-refractivity contribution is -0.122. The minimum atomic E-state index is -0.432. The Labute approximate surface area is 167 Å². The second kappa shape index (κ2) is 7.38. The van der Waals surface area contributed by atoms with Crippen molar-refractivity contribution in [2.75, 3.05) is 31.0 Å². The van der Waals surface area contributed by atoms with E-state index in [1.807, 2.05) is 7.05 Å². The summed E-state index contributed by atoms with van der Waals surface area (Å²) >= 11 is 1.78. The van der Waals surface area contributed by atoms with Gasteiger partial charge in [-0.05, 0) is 12.1 Å². The average Bonchev–Trinajstić information content (AvgIpc) is 3.38. The van der Waals surface area contributed by atoms with Gasteiger partial charge in [0.1, 0.15) is 17.3 Å². The van der Waals surface area contributed by atoms with Crippen molar-refractivity contribution in [3.63, 3.8) is 0 Å². The van der Waals surface area contributed by atoms with Gasteiger partial charge in [0.15, 0.2) is 0 Å². The van der Waals surface area contributed by atoms with Crippen LogP contribution >= 0.6 is 11.8 Å². The van der Waals surface area contributed by atoms with E-state index in [1.54, 1.807) is 53.8 Å². The van der Waals surface area contributed by atoms with Crippen molar-refractivity contribution in [3.8, 4) is 11.5 Å². The molecule has 148 valence electrons. The smallest absolute Gasteiger partial charge is 0.230 e. The van der Waals surface area contributed by atoms with E-state index in [0.717, 1.165) is 28.6 Å². The van der Waals surface area contributed by atoms with E-state index in [9.17, 15) is 9.59 Å². The standard InChI is InChI=1S/C19H22N4O4S/c1-22-18(13-9-28-10-14(13)21-22)20-19(25)11-6-17(24)23(8-11)15-5-4-12(26-2)7-16(15)27-3/h4-5,7,11H,6,8-10H2,1-3H3,(H,20,25). The van der Waals surface area contributed by atoms with Gasteiger partial charge in [-0.1, -0.05) is 0 Å². The first-order valence-electron chi connectivity index (χ1n) is 8.97. The number of carbonyl (C=O) groups excluding carboxylic acids is 2. The van der Waals surface area contributed by atoms with Crippen molar-refractivity contribution in [2.45, 2.75) is 17.9 Å². The van der Waals surface area contributed by atoms with Gasteiger partial charge in [-0.3, -0.25) is 14.3 Å². The summed E-state index contributed by atoms with van der Waals surface area (Å²) in [5.74, 6) is 2.93. The van der Waals surface area contributed by atoms with Gasteiger partial charge in [0.05, 0.1) is 31.5 Å². The van der Waals surface area contributed by atoms with Crippen molar-refractivity contribution in [1.29, 1.82) is 0 Å². The molecule has 1 aromatic heterocycles. The number of methoxy groups -OCH3 is 2. The number of fused-ring (bicyclic) bond motifs is 1. The molecule has 0 bridgehead atoms. The summed E-state index contributed by atoms with van der Waals surface area (Å²) in [6.45, 7) is 0.308. The van der Waals surface area contributed by atoms with Gasteiger partial charge < -0.3 is 19.7 Å². The lowest BCUT2D eigenvalue weighted by Gasteiger charge is -2.20. The molecule has 1 atom stereocenters. The van der Waals surface area contributed by atoms with Gasteiger partial charge in [0.2, 0.25) is 11.8 Å². The molecule has 8 nitrogen and oxygen atoms in total. The number of thioether (sulfide) groups is 1. The van der Waals surface area contributed by atoms with E-state index in [0.29, 0.717) is 23.7 Å². The summed E-state index contributed by atoms with van der Waals surface area (Å²) in [4.78, 5) is 27.1. The molecular formula is C19H22N4O4S. The van der Waals surface area contributed by atoms with Crippen LogP contribution in [0.1, 0.15) is 17.7 Å². The average molecular weight is 402 g/mol. The number of aryl methyl sites for hydroxylation is 1. The van der Waals surface area contributed by atoms with Crippen LogP contribution in [0.15, 0.2) is 18.2 Å². The Kier molecular flexibility index (Phi) is 4.92. The predicted octanol–water partition coefficient (Wildman–Crippen LogP) is 2.18. The zero-order valence-electron chi connectivity index (χ0n) is 16.0. The lowest BCUT2D eigenvalue weighted by Crippen LogP contribution is -2.29. The van der Waals surface area contributed by atoms with Crippen molar-refractivity contribution >= 4 is 35.1 Å². The number of hydrogen-bond acceptors (Lipinski definition) is 6. The van der Waals surface area contributed by atoms with Crippen LogP contribution in [-0.2, 0) is 28.1 Å². The summed E-state index contributed by atoms with van der Waals surface area (Å²) in [6.07, 6.45) is 0.163. The summed E-state index contributed by atoms with van der Waals surface area (Å²) in [6, 6.07) is 5.28. The van der Waals surface area contributed by atoms with Crippen LogP contribution in [0.25, 0.3) is 0 Å². The molecule has 0 aliphatic carbocycles. The maximum absolute atomic E-state index is 12.9. The highest BCUT2D eigenvalue weighted by Gasteiger charge is 2.37. The lowest BCUT2D eigenvalue weighted by atomic mass is 10.1. The molecule has 1 saturated heterocycles. The third-order valence-corrected chi connectivity index (χ3v) is 6.10. The minimum Gasteiger partial charge on any atom is -0.497 e. The number of carbonyl (C=O) groups is 2. The van der Waals surface area contributed by atoms with E-state index in [1.165, 1.54) is 0 Å². The highest BCUT2D eigenvalue weighted by atomic mass is 32.2. The number of benzene rings is 1. The number of nitrogens with one attached hydrogen (secondary N) is 1. The van der Waals surface area contributed by atoms with Crippen LogP contribution < -0.4 is 19.7 Å². The van der Waals surface area contributed by atoms with E-state index >= 15 is 0 Å². The van der Waals surface area contributed by atoms with Crippen molar-refractivity contribution in [2.24, 2.45) is 13.0 Å². The third kappa shape index (κ3) is 3.19. The molecule has 1 aromatic carbocycles. The molecule has 1 N–H and O–H groups in total. The summed E-state index contributed by atoms with van der Waals surface area (Å²) in [5.41, 5.74) is 2.75. The Morgan fingerprint density at radius 2 is 2.11 bits per heavy atom. The Morgan fingerprint density at radius 3 is 2.86 bits per heavy atom. The molecule has 3 heterocycles. The number of rotatable bonds is 5. The molecule has 2 aliphatic heterocycles. The first-order chi connectivity index (χ1) is 13.5. The third-order valence-electron chi connectivity index (χ3n) is 5.13. The molecule has 28 heavy (non-hydrogen) atoms. The number of anilines is 2. The molecular weight excluding hydrogens is 380 g/mol. The van der Waals surface area contributed by atoms with E-state index in [2.05, 4.69) is 10.4 Å². The van der Waals surface area contributed by atoms with Crippen LogP contribution in [0.2, 0.25) is 0 Å². The monoisotopic (exact) mass is 402 g/mol. The zero-order valence-corrected chi connectivity index (χ0v) is 16.8. The van der Waals surface area contributed by atoms with Crippen LogP contribution in [-0.4, -0.2) is 42.4 Å². The largest absolute Gasteiger partial charge is 0.497 e. The first kappa shape index (κ1) is 18.7. The molecule has 0 saturated carbocycles. The summed E-state index contributed by atoms with van der Waals surface area (Å²) in [5, 5.41) is 7.45. The molecule has 4 rings (SSSR count). The molecule has 0 spiro atoms. The van der Waals surface area contributed by atoms with Crippen molar-refractivity contribution < 1.29 is 19.1 Å². The second-order valence-corrected chi connectivity index (χ2v) is 7.81. The maximum atomic E-state index is 12.9. The van der Waals surface area contributed by atoms with Crippen LogP contribution in [0, 0.1) is 5.92 Å². The van der Waals surface area contributed by atoms with Gasteiger partial charge in [-0.15, -0.1) is 0 Å². The quantitative estimate of drug-likeness (QED) is 0.825. The maximum Gasteiger partial charge on any atom is 0.230 e. The topological polar surface area (TPSA) is 85.7 Å². The number of nitrogens with zero attached hydrogens (tertiary/aromatic N) is 3. The Morgan fingerprint density at radius 1 is 1.29 bits per heavy atom. The van der Waals surface area contributed by atoms with Crippen molar-refractivity contribution in [1.82, 2.24) is 9.78 Å². The molecule has 1 fully saturated rings. The van der Waals surface area contributed by atoms with Gasteiger partial charge in [0, 0.05) is 43.1 Å². The summed E-state index contributed by atoms with van der Waals surface area (Å²) < 4.78 is 12.3. The Bertz CT molecular complexity index is 942. The summed E-state index contributed by atoms with van der Waals surface area (Å²) in [7, 11) is 4.94. The first-order valence-corrected chi connectivity index (χ1v) is 10.1. The van der Waals surface area contributed by atoms with Crippen LogP contribution in [0.5, 0.6) is 11.5 Å².